The highest BCUT2D eigenvalue weighted by Crippen LogP contribution is 2.09. The minimum absolute atomic E-state index is 0.862. The fourth-order valence-corrected chi connectivity index (χ4v) is 5.10. The fourth-order valence-electron chi connectivity index (χ4n) is 1.91. The van der Waals surface area contributed by atoms with E-state index >= 15 is 0 Å². The van der Waals surface area contributed by atoms with E-state index in [2.05, 4.69) is 63.8 Å². The molecular formula is C13H21OSi2. The van der Waals surface area contributed by atoms with E-state index in [0.29, 0.717) is 0 Å². The van der Waals surface area contributed by atoms with E-state index in [1.807, 2.05) is 0 Å². The number of carbonyl (C=O) groups excluding carboxylic acids is 1. The summed E-state index contributed by atoms with van der Waals surface area (Å²) in [6.45, 7) is 13.6. The van der Waals surface area contributed by atoms with Gasteiger partial charge in [-0.15, -0.1) is 0 Å². The molecule has 16 heavy (non-hydrogen) atoms. The second-order valence-electron chi connectivity index (χ2n) is 6.33. The summed E-state index contributed by atoms with van der Waals surface area (Å²) in [7, 11) is -2.90. The van der Waals surface area contributed by atoms with Gasteiger partial charge < -0.3 is 0 Å². The summed E-state index contributed by atoms with van der Waals surface area (Å²) in [5.74, 6) is 0. The van der Waals surface area contributed by atoms with Crippen LogP contribution in [0.2, 0.25) is 39.3 Å². The van der Waals surface area contributed by atoms with Crippen LogP contribution in [-0.2, 0) is 4.79 Å². The van der Waals surface area contributed by atoms with Crippen molar-refractivity contribution in [2.75, 3.05) is 0 Å². The van der Waals surface area contributed by atoms with Crippen molar-refractivity contribution in [3.8, 4) is 0 Å². The Kier molecular flexibility index (Phi) is 3.60. The Morgan fingerprint density at radius 1 is 0.875 bits per heavy atom. The van der Waals surface area contributed by atoms with Crippen LogP contribution in [-0.4, -0.2) is 22.4 Å². The molecule has 0 saturated heterocycles. The lowest BCUT2D eigenvalue weighted by molar-refractivity contribution is 0.563. The van der Waals surface area contributed by atoms with Gasteiger partial charge in [0.15, 0.2) is 0 Å². The zero-order chi connectivity index (χ0) is 12.6. The van der Waals surface area contributed by atoms with Gasteiger partial charge in [0.05, 0.1) is 16.1 Å². The first-order valence-electron chi connectivity index (χ1n) is 5.70. The van der Waals surface area contributed by atoms with Crippen molar-refractivity contribution in [3.63, 3.8) is 0 Å². The maximum atomic E-state index is 11.3. The predicted molar refractivity (Wildman–Crippen MR) is 77.2 cm³/mol. The van der Waals surface area contributed by atoms with Crippen LogP contribution in [0.1, 0.15) is 5.56 Å². The van der Waals surface area contributed by atoms with E-state index in [9.17, 15) is 4.79 Å². The van der Waals surface area contributed by atoms with Gasteiger partial charge in [-0.1, -0.05) is 57.5 Å². The van der Waals surface area contributed by atoms with Gasteiger partial charge in [0.25, 0.3) is 0 Å². The highest BCUT2D eigenvalue weighted by Gasteiger charge is 2.27. The third-order valence-electron chi connectivity index (χ3n) is 2.78. The summed E-state index contributed by atoms with van der Waals surface area (Å²) in [6, 6.07) is 6.31. The Bertz CT molecular complexity index is 365. The van der Waals surface area contributed by atoms with Crippen molar-refractivity contribution in [2.24, 2.45) is 0 Å². The fraction of sp³-hybridized carbons (Fsp3) is 0.462. The zero-order valence-corrected chi connectivity index (χ0v) is 13.1. The topological polar surface area (TPSA) is 17.1 Å². The minimum atomic E-state index is -1.45. The van der Waals surface area contributed by atoms with Gasteiger partial charge in [0.2, 0.25) is 6.29 Å². The van der Waals surface area contributed by atoms with E-state index in [4.69, 9.17) is 0 Å². The first-order chi connectivity index (χ1) is 7.18. The molecule has 1 nitrogen and oxygen atoms in total. The smallest absolute Gasteiger partial charge is 0.233 e. The molecule has 0 saturated carbocycles. The normalized spacial score (nSPS) is 12.6. The quantitative estimate of drug-likeness (QED) is 0.751. The first-order valence-corrected chi connectivity index (χ1v) is 12.7. The van der Waals surface area contributed by atoms with Crippen molar-refractivity contribution >= 4 is 32.8 Å². The molecule has 0 aromatic heterocycles. The van der Waals surface area contributed by atoms with Crippen molar-refractivity contribution in [1.29, 1.82) is 0 Å². The lowest BCUT2D eigenvalue weighted by Gasteiger charge is -2.25. The van der Waals surface area contributed by atoms with Gasteiger partial charge in [-0.3, -0.25) is 4.79 Å². The second-order valence-corrected chi connectivity index (χ2v) is 16.4. The number of rotatable bonds is 3. The summed E-state index contributed by atoms with van der Waals surface area (Å²) in [4.78, 5) is 11.3. The molecule has 0 N–H and O–H groups in total. The molecule has 0 amide bonds. The second kappa shape index (κ2) is 4.30. The van der Waals surface area contributed by atoms with E-state index in [-0.39, 0.29) is 0 Å². The maximum Gasteiger partial charge on any atom is 0.233 e. The van der Waals surface area contributed by atoms with Crippen molar-refractivity contribution in [2.45, 2.75) is 39.3 Å². The average Bonchev–Trinajstić information content (AvgIpc) is 2.13. The van der Waals surface area contributed by atoms with Gasteiger partial charge in [0.1, 0.15) is 0 Å². The first kappa shape index (κ1) is 13.4. The molecule has 0 atom stereocenters. The predicted octanol–water partition coefficient (Wildman–Crippen LogP) is 2.23. The molecule has 1 aromatic carbocycles. The molecule has 0 unspecified atom stereocenters. The molecule has 1 rings (SSSR count). The number of hydrogen-bond donors (Lipinski definition) is 0. The molecule has 0 aliphatic carbocycles. The van der Waals surface area contributed by atoms with Crippen molar-refractivity contribution in [3.05, 3.63) is 23.8 Å². The van der Waals surface area contributed by atoms with Crippen LogP contribution < -0.4 is 10.4 Å². The maximum absolute atomic E-state index is 11.3. The van der Waals surface area contributed by atoms with E-state index in [0.717, 1.165) is 5.56 Å². The molecule has 1 aromatic rings. The Balaban J connectivity index is 3.51. The molecule has 0 spiro atoms. The summed E-state index contributed by atoms with van der Waals surface area (Å²) in [5.41, 5.74) is 0.862. The monoisotopic (exact) mass is 249 g/mol. The summed E-state index contributed by atoms with van der Waals surface area (Å²) >= 11 is 0. The Labute approximate surface area is 101 Å². The molecule has 0 aliphatic heterocycles. The van der Waals surface area contributed by atoms with E-state index in [1.165, 1.54) is 10.4 Å². The summed E-state index contributed by atoms with van der Waals surface area (Å²) in [5, 5.41) is 2.50. The van der Waals surface area contributed by atoms with Crippen LogP contribution in [0.5, 0.6) is 0 Å². The molecule has 87 valence electrons. The third kappa shape index (κ3) is 2.71. The lowest BCUT2D eigenvalue weighted by atomic mass is 10.2. The van der Waals surface area contributed by atoms with Crippen molar-refractivity contribution in [1.82, 2.24) is 0 Å². The minimum Gasteiger partial charge on any atom is -0.285 e. The highest BCUT2D eigenvalue weighted by molar-refractivity contribution is 6.92. The lowest BCUT2D eigenvalue weighted by Crippen LogP contribution is -2.49. The van der Waals surface area contributed by atoms with Gasteiger partial charge >= 0.3 is 0 Å². The molecule has 0 aliphatic rings. The molecule has 0 fully saturated rings. The van der Waals surface area contributed by atoms with Crippen LogP contribution in [0, 0.1) is 0 Å². The summed E-state index contributed by atoms with van der Waals surface area (Å²) in [6.07, 6.45) is 2.20. The standard InChI is InChI=1S/C13H21OSi2/c1-15(2,3)12-8-7-9-13(11(12)10-14)16(4,5)6/h7-9H,1-6H3. The van der Waals surface area contributed by atoms with Gasteiger partial charge in [-0.05, 0) is 10.4 Å². The SMILES string of the molecule is C[Si](C)(C)c1cccc([Si](C)(C)C)c1[C]=O. The number of hydrogen-bond acceptors (Lipinski definition) is 1. The Hall–Kier alpha value is -0.676. The molecule has 1 radical (unpaired) electrons. The van der Waals surface area contributed by atoms with E-state index < -0.39 is 16.1 Å². The van der Waals surface area contributed by atoms with Crippen LogP contribution in [0.25, 0.3) is 0 Å². The zero-order valence-electron chi connectivity index (χ0n) is 11.1. The van der Waals surface area contributed by atoms with Crippen LogP contribution >= 0.6 is 0 Å². The average molecular weight is 249 g/mol. The van der Waals surface area contributed by atoms with Crippen LogP contribution in [0.3, 0.4) is 0 Å². The van der Waals surface area contributed by atoms with Gasteiger partial charge in [-0.25, -0.2) is 0 Å². The van der Waals surface area contributed by atoms with Gasteiger partial charge in [-0.2, -0.15) is 0 Å². The van der Waals surface area contributed by atoms with Gasteiger partial charge in [0, 0.05) is 5.56 Å². The number of benzene rings is 1. The molecular weight excluding hydrogens is 228 g/mol. The van der Waals surface area contributed by atoms with Crippen LogP contribution in [0.4, 0.5) is 0 Å². The largest absolute Gasteiger partial charge is 0.285 e. The third-order valence-corrected chi connectivity index (χ3v) is 6.85. The van der Waals surface area contributed by atoms with E-state index in [1.54, 1.807) is 0 Å². The molecule has 0 heterocycles. The summed E-state index contributed by atoms with van der Waals surface area (Å²) < 4.78 is 0. The Morgan fingerprint density at radius 3 is 1.50 bits per heavy atom. The van der Waals surface area contributed by atoms with Crippen molar-refractivity contribution < 1.29 is 4.79 Å². The molecule has 3 heteroatoms. The molecule has 0 bridgehead atoms. The highest BCUT2D eigenvalue weighted by atomic mass is 28.3. The Morgan fingerprint density at radius 2 is 1.25 bits per heavy atom. The van der Waals surface area contributed by atoms with Crippen LogP contribution in [0.15, 0.2) is 18.2 Å².